The molecule has 0 aliphatic heterocycles. The third kappa shape index (κ3) is 4.60. The van der Waals surface area contributed by atoms with Gasteiger partial charge in [0.25, 0.3) is 0 Å². The molecular weight excluding hydrogens is 318 g/mol. The quantitative estimate of drug-likeness (QED) is 0.672. The van der Waals surface area contributed by atoms with Crippen molar-refractivity contribution in [2.75, 3.05) is 13.2 Å². The molecule has 1 rings (SSSR count). The Kier molecular flexibility index (Phi) is 7.63. The van der Waals surface area contributed by atoms with E-state index in [2.05, 4.69) is 6.07 Å². The van der Waals surface area contributed by atoms with Gasteiger partial charge in [0.1, 0.15) is 5.92 Å². The first kappa shape index (κ1) is 20.7. The minimum atomic E-state index is -1.65. The van der Waals surface area contributed by atoms with E-state index in [1.54, 1.807) is 45.0 Å². The molecule has 0 saturated carbocycles. The lowest BCUT2D eigenvalue weighted by atomic mass is 9.66. The van der Waals surface area contributed by atoms with Crippen molar-refractivity contribution in [1.29, 1.82) is 5.26 Å². The van der Waals surface area contributed by atoms with E-state index in [1.165, 1.54) is 0 Å². The van der Waals surface area contributed by atoms with E-state index < -0.39 is 29.2 Å². The summed E-state index contributed by atoms with van der Waals surface area (Å²) in [6, 6.07) is 10.9. The zero-order chi connectivity index (χ0) is 19.0. The standard InChI is InChI=1S/C20H27NO4/c1-6-24-19(23)20(13-21,15(4)5)17(16-10-8-7-9-11-16)18(22)25-12-14(2)3/h7-11,14-15,17H,6,12H2,1-5H3. The zero-order valence-electron chi connectivity index (χ0n) is 15.6. The maximum absolute atomic E-state index is 12.9. The second-order valence-corrected chi connectivity index (χ2v) is 6.72. The number of hydrogen-bond acceptors (Lipinski definition) is 5. The largest absolute Gasteiger partial charge is 0.465 e. The molecule has 0 spiro atoms. The van der Waals surface area contributed by atoms with Crippen LogP contribution in [0.25, 0.3) is 0 Å². The van der Waals surface area contributed by atoms with E-state index in [0.717, 1.165) is 0 Å². The predicted octanol–water partition coefficient (Wildman–Crippen LogP) is 3.70. The van der Waals surface area contributed by atoms with Gasteiger partial charge in [0, 0.05) is 0 Å². The Bertz CT molecular complexity index is 618. The first-order valence-electron chi connectivity index (χ1n) is 8.61. The van der Waals surface area contributed by atoms with Gasteiger partial charge in [0.2, 0.25) is 0 Å². The number of ether oxygens (including phenoxy) is 2. The van der Waals surface area contributed by atoms with Crippen molar-refractivity contribution in [1.82, 2.24) is 0 Å². The average molecular weight is 345 g/mol. The van der Waals surface area contributed by atoms with E-state index in [1.807, 2.05) is 19.9 Å². The Labute approximate surface area is 149 Å². The summed E-state index contributed by atoms with van der Waals surface area (Å²) in [6.45, 7) is 9.38. The van der Waals surface area contributed by atoms with Crippen LogP contribution in [0.4, 0.5) is 0 Å². The van der Waals surface area contributed by atoms with Crippen LogP contribution in [0.5, 0.6) is 0 Å². The highest BCUT2D eigenvalue weighted by Gasteiger charge is 2.55. The van der Waals surface area contributed by atoms with E-state index in [4.69, 9.17) is 9.47 Å². The van der Waals surface area contributed by atoms with Crippen molar-refractivity contribution in [3.63, 3.8) is 0 Å². The SMILES string of the molecule is CCOC(=O)C(C#N)(C(C)C)C(C(=O)OCC(C)C)c1ccccc1. The highest BCUT2D eigenvalue weighted by molar-refractivity contribution is 5.91. The van der Waals surface area contributed by atoms with Gasteiger partial charge in [-0.1, -0.05) is 58.0 Å². The van der Waals surface area contributed by atoms with E-state index >= 15 is 0 Å². The number of nitriles is 1. The number of rotatable bonds is 8. The average Bonchev–Trinajstić information content (AvgIpc) is 2.58. The molecule has 0 radical (unpaired) electrons. The fraction of sp³-hybridized carbons (Fsp3) is 0.550. The predicted molar refractivity (Wildman–Crippen MR) is 94.5 cm³/mol. The Balaban J connectivity index is 3.47. The molecule has 136 valence electrons. The highest BCUT2D eigenvalue weighted by atomic mass is 16.5. The summed E-state index contributed by atoms with van der Waals surface area (Å²) in [5.74, 6) is -2.60. The van der Waals surface area contributed by atoms with E-state index in [0.29, 0.717) is 5.56 Å². The molecule has 5 nitrogen and oxygen atoms in total. The van der Waals surface area contributed by atoms with Crippen LogP contribution in [0.15, 0.2) is 30.3 Å². The van der Waals surface area contributed by atoms with Gasteiger partial charge in [-0.25, -0.2) is 0 Å². The molecule has 0 aliphatic carbocycles. The van der Waals surface area contributed by atoms with Crippen molar-refractivity contribution in [2.45, 2.75) is 40.5 Å². The molecule has 1 aromatic rings. The minimum absolute atomic E-state index is 0.136. The number of carbonyl (C=O) groups is 2. The van der Waals surface area contributed by atoms with Crippen LogP contribution in [0.3, 0.4) is 0 Å². The third-order valence-corrected chi connectivity index (χ3v) is 4.09. The second-order valence-electron chi connectivity index (χ2n) is 6.72. The van der Waals surface area contributed by atoms with Crippen LogP contribution >= 0.6 is 0 Å². The summed E-state index contributed by atoms with van der Waals surface area (Å²) < 4.78 is 10.6. The molecule has 0 saturated heterocycles. The lowest BCUT2D eigenvalue weighted by molar-refractivity contribution is -0.164. The van der Waals surface area contributed by atoms with Gasteiger partial charge in [-0.05, 0) is 24.3 Å². The summed E-state index contributed by atoms with van der Waals surface area (Å²) in [7, 11) is 0. The van der Waals surface area contributed by atoms with E-state index in [9.17, 15) is 14.9 Å². The van der Waals surface area contributed by atoms with Gasteiger partial charge in [-0.3, -0.25) is 9.59 Å². The molecule has 2 atom stereocenters. The minimum Gasteiger partial charge on any atom is -0.465 e. The van der Waals surface area contributed by atoms with Crippen molar-refractivity contribution in [3.05, 3.63) is 35.9 Å². The molecule has 0 fully saturated rings. The molecule has 0 aliphatic rings. The summed E-state index contributed by atoms with van der Waals surface area (Å²) >= 11 is 0. The number of hydrogen-bond donors (Lipinski definition) is 0. The Hall–Kier alpha value is -2.35. The van der Waals surface area contributed by atoms with Crippen molar-refractivity contribution >= 4 is 11.9 Å². The zero-order valence-corrected chi connectivity index (χ0v) is 15.6. The monoisotopic (exact) mass is 345 g/mol. The van der Waals surface area contributed by atoms with Crippen LogP contribution in [-0.2, 0) is 19.1 Å². The van der Waals surface area contributed by atoms with Crippen molar-refractivity contribution in [3.8, 4) is 6.07 Å². The number of carbonyl (C=O) groups excluding carboxylic acids is 2. The molecule has 0 aromatic heterocycles. The first-order valence-corrected chi connectivity index (χ1v) is 8.61. The highest BCUT2D eigenvalue weighted by Crippen LogP contribution is 2.44. The normalized spacial score (nSPS) is 14.5. The van der Waals surface area contributed by atoms with Gasteiger partial charge >= 0.3 is 11.9 Å². The van der Waals surface area contributed by atoms with Crippen LogP contribution < -0.4 is 0 Å². The molecule has 0 N–H and O–H groups in total. The second kappa shape index (κ2) is 9.22. The first-order chi connectivity index (χ1) is 11.8. The smallest absolute Gasteiger partial charge is 0.328 e. The Morgan fingerprint density at radius 2 is 1.72 bits per heavy atom. The molecule has 0 bridgehead atoms. The lowest BCUT2D eigenvalue weighted by Gasteiger charge is -2.35. The molecule has 2 unspecified atom stereocenters. The molecule has 1 aromatic carbocycles. The van der Waals surface area contributed by atoms with Gasteiger partial charge in [0.05, 0.1) is 19.3 Å². The molecule has 5 heteroatoms. The molecular formula is C20H27NO4. The summed E-state index contributed by atoms with van der Waals surface area (Å²) in [6.07, 6.45) is 0. The number of esters is 2. The Morgan fingerprint density at radius 3 is 2.16 bits per heavy atom. The van der Waals surface area contributed by atoms with Crippen LogP contribution in [0.2, 0.25) is 0 Å². The van der Waals surface area contributed by atoms with Gasteiger partial charge in [0.15, 0.2) is 5.41 Å². The fourth-order valence-electron chi connectivity index (χ4n) is 2.74. The summed E-state index contributed by atoms with van der Waals surface area (Å²) in [4.78, 5) is 25.6. The lowest BCUT2D eigenvalue weighted by Crippen LogP contribution is -2.46. The fourth-order valence-corrected chi connectivity index (χ4v) is 2.74. The maximum atomic E-state index is 12.9. The van der Waals surface area contributed by atoms with Crippen molar-refractivity contribution < 1.29 is 19.1 Å². The van der Waals surface area contributed by atoms with Gasteiger partial charge < -0.3 is 9.47 Å². The third-order valence-electron chi connectivity index (χ3n) is 4.09. The summed E-state index contributed by atoms with van der Waals surface area (Å²) in [5, 5.41) is 9.94. The van der Waals surface area contributed by atoms with Crippen LogP contribution in [-0.4, -0.2) is 25.2 Å². The number of nitrogens with zero attached hydrogens (tertiary/aromatic N) is 1. The van der Waals surface area contributed by atoms with E-state index in [-0.39, 0.29) is 19.1 Å². The molecule has 0 amide bonds. The van der Waals surface area contributed by atoms with Gasteiger partial charge in [-0.15, -0.1) is 0 Å². The van der Waals surface area contributed by atoms with Crippen LogP contribution in [0.1, 0.15) is 46.1 Å². The topological polar surface area (TPSA) is 76.4 Å². The van der Waals surface area contributed by atoms with Crippen LogP contribution in [0, 0.1) is 28.6 Å². The molecule has 0 heterocycles. The van der Waals surface area contributed by atoms with Gasteiger partial charge in [-0.2, -0.15) is 5.26 Å². The number of benzene rings is 1. The molecule has 25 heavy (non-hydrogen) atoms. The van der Waals surface area contributed by atoms with Crippen molar-refractivity contribution in [2.24, 2.45) is 17.3 Å². The Morgan fingerprint density at radius 1 is 1.12 bits per heavy atom. The maximum Gasteiger partial charge on any atom is 0.328 e. The summed E-state index contributed by atoms with van der Waals surface area (Å²) in [5.41, 5.74) is -1.08.